The van der Waals surface area contributed by atoms with Gasteiger partial charge < -0.3 is 15.7 Å². The Morgan fingerprint density at radius 1 is 1.19 bits per heavy atom. The first-order chi connectivity index (χ1) is 12.3. The van der Waals surface area contributed by atoms with E-state index in [1.807, 2.05) is 0 Å². The quantitative estimate of drug-likeness (QED) is 0.725. The van der Waals surface area contributed by atoms with E-state index < -0.39 is 11.4 Å². The summed E-state index contributed by atoms with van der Waals surface area (Å²) < 4.78 is 0. The van der Waals surface area contributed by atoms with Crippen LogP contribution in [0.15, 0.2) is 18.2 Å². The van der Waals surface area contributed by atoms with E-state index in [2.05, 4.69) is 10.6 Å². The Morgan fingerprint density at radius 3 is 2.42 bits per heavy atom. The fourth-order valence-corrected chi connectivity index (χ4v) is 3.93. The molecule has 0 aliphatic heterocycles. The monoisotopic (exact) mass is 360 g/mol. The number of rotatable bonds is 6. The summed E-state index contributed by atoms with van der Waals surface area (Å²) in [6.45, 7) is 3.54. The molecule has 1 aromatic rings. The number of nitrogens with one attached hydrogen (secondary N) is 2. The molecule has 6 nitrogen and oxygen atoms in total. The van der Waals surface area contributed by atoms with Gasteiger partial charge in [-0.1, -0.05) is 31.4 Å². The van der Waals surface area contributed by atoms with Gasteiger partial charge in [-0.05, 0) is 44.2 Å². The maximum Gasteiger partial charge on any atom is 0.304 e. The average molecular weight is 360 g/mol. The first kappa shape index (κ1) is 19.9. The molecule has 0 unspecified atom stereocenters. The van der Waals surface area contributed by atoms with Crippen LogP contribution in [-0.2, 0) is 9.59 Å². The molecule has 6 heteroatoms. The number of hydrogen-bond acceptors (Lipinski definition) is 3. The molecule has 0 heterocycles. The van der Waals surface area contributed by atoms with E-state index in [-0.39, 0.29) is 24.2 Å². The fraction of sp³-hybridized carbons (Fsp3) is 0.550. The fourth-order valence-electron chi connectivity index (χ4n) is 3.93. The van der Waals surface area contributed by atoms with Crippen molar-refractivity contribution < 1.29 is 19.5 Å². The van der Waals surface area contributed by atoms with Gasteiger partial charge in [0.25, 0.3) is 5.91 Å². The molecule has 1 aromatic carbocycles. The molecule has 0 radical (unpaired) electrons. The third-order valence-electron chi connectivity index (χ3n) is 5.52. The smallest absolute Gasteiger partial charge is 0.304 e. The number of aryl methyl sites for hydroxylation is 1. The molecular weight excluding hydrogens is 332 g/mol. The Kier molecular flexibility index (Phi) is 6.40. The standard InChI is InChI=1S/C20H28N2O4/c1-13-8-7-11-15(17(13)18(25)21-3)22-19(26)20(2,12-16(23)24)14-9-5-4-6-10-14/h7-8,11,14H,4-6,9-10,12H2,1-3H3,(H,21,25)(H,22,26)(H,23,24)/t20-/m0/s1. The van der Waals surface area contributed by atoms with Crippen LogP contribution >= 0.6 is 0 Å². The number of carboxylic acid groups (broad SMARTS) is 1. The summed E-state index contributed by atoms with van der Waals surface area (Å²) in [5.41, 5.74) is 0.571. The number of carbonyl (C=O) groups is 3. The molecule has 1 atom stereocenters. The normalized spacial score (nSPS) is 17.2. The molecule has 0 saturated heterocycles. The molecule has 0 aromatic heterocycles. The van der Waals surface area contributed by atoms with E-state index in [1.54, 1.807) is 32.0 Å². The van der Waals surface area contributed by atoms with Crippen LogP contribution < -0.4 is 10.6 Å². The van der Waals surface area contributed by atoms with Crippen molar-refractivity contribution in [3.05, 3.63) is 29.3 Å². The summed E-state index contributed by atoms with van der Waals surface area (Å²) in [7, 11) is 1.54. The summed E-state index contributed by atoms with van der Waals surface area (Å²) in [6.07, 6.45) is 4.65. The van der Waals surface area contributed by atoms with Crippen molar-refractivity contribution >= 4 is 23.5 Å². The molecule has 1 aliphatic carbocycles. The summed E-state index contributed by atoms with van der Waals surface area (Å²) in [6, 6.07) is 5.25. The van der Waals surface area contributed by atoms with E-state index >= 15 is 0 Å². The van der Waals surface area contributed by atoms with Gasteiger partial charge >= 0.3 is 5.97 Å². The highest BCUT2D eigenvalue weighted by atomic mass is 16.4. The van der Waals surface area contributed by atoms with Crippen molar-refractivity contribution in [2.45, 2.75) is 52.4 Å². The summed E-state index contributed by atoms with van der Waals surface area (Å²) >= 11 is 0. The molecule has 1 saturated carbocycles. The third kappa shape index (κ3) is 4.23. The van der Waals surface area contributed by atoms with Crippen molar-refractivity contribution in [1.82, 2.24) is 5.32 Å². The zero-order chi connectivity index (χ0) is 19.3. The lowest BCUT2D eigenvalue weighted by molar-refractivity contribution is -0.145. The lowest BCUT2D eigenvalue weighted by Crippen LogP contribution is -2.43. The number of aliphatic carboxylic acids is 1. The topological polar surface area (TPSA) is 95.5 Å². The van der Waals surface area contributed by atoms with Crippen LogP contribution in [-0.4, -0.2) is 29.9 Å². The first-order valence-electron chi connectivity index (χ1n) is 9.14. The van der Waals surface area contributed by atoms with E-state index in [9.17, 15) is 19.5 Å². The minimum absolute atomic E-state index is 0.0283. The summed E-state index contributed by atoms with van der Waals surface area (Å²) in [4.78, 5) is 36.8. The molecule has 0 bridgehead atoms. The van der Waals surface area contributed by atoms with E-state index in [0.29, 0.717) is 11.3 Å². The first-order valence-corrected chi connectivity index (χ1v) is 9.14. The molecule has 1 aliphatic rings. The molecular formula is C20H28N2O4. The Morgan fingerprint density at radius 2 is 1.85 bits per heavy atom. The molecule has 0 spiro atoms. The Bertz CT molecular complexity index is 695. The van der Waals surface area contributed by atoms with Gasteiger partial charge in [-0.25, -0.2) is 0 Å². The molecule has 26 heavy (non-hydrogen) atoms. The minimum atomic E-state index is -1.00. The molecule has 3 N–H and O–H groups in total. The number of anilines is 1. The van der Waals surface area contributed by atoms with Crippen molar-refractivity contribution in [3.8, 4) is 0 Å². The second kappa shape index (κ2) is 8.34. The van der Waals surface area contributed by atoms with Crippen molar-refractivity contribution in [2.24, 2.45) is 11.3 Å². The largest absolute Gasteiger partial charge is 0.481 e. The van der Waals surface area contributed by atoms with Crippen LogP contribution in [0, 0.1) is 18.3 Å². The van der Waals surface area contributed by atoms with Gasteiger partial charge in [-0.15, -0.1) is 0 Å². The van der Waals surface area contributed by atoms with Gasteiger partial charge in [-0.2, -0.15) is 0 Å². The van der Waals surface area contributed by atoms with Crippen LogP contribution in [0.5, 0.6) is 0 Å². The van der Waals surface area contributed by atoms with Gasteiger partial charge in [0.15, 0.2) is 0 Å². The number of carbonyl (C=O) groups excluding carboxylic acids is 2. The Hall–Kier alpha value is -2.37. The van der Waals surface area contributed by atoms with Crippen LogP contribution in [0.2, 0.25) is 0 Å². The van der Waals surface area contributed by atoms with Crippen molar-refractivity contribution in [2.75, 3.05) is 12.4 Å². The van der Waals surface area contributed by atoms with E-state index in [1.165, 1.54) is 7.05 Å². The molecule has 2 rings (SSSR count). The third-order valence-corrected chi connectivity index (χ3v) is 5.52. The number of carboxylic acids is 1. The van der Waals surface area contributed by atoms with E-state index in [0.717, 1.165) is 37.7 Å². The Labute approximate surface area is 154 Å². The number of hydrogen-bond donors (Lipinski definition) is 3. The highest BCUT2D eigenvalue weighted by molar-refractivity contribution is 6.06. The van der Waals surface area contributed by atoms with Gasteiger partial charge in [0.1, 0.15) is 0 Å². The van der Waals surface area contributed by atoms with Crippen LogP contribution in [0.4, 0.5) is 5.69 Å². The van der Waals surface area contributed by atoms with Gasteiger partial charge in [0.05, 0.1) is 23.1 Å². The highest BCUT2D eigenvalue weighted by Gasteiger charge is 2.43. The second-order valence-electron chi connectivity index (χ2n) is 7.35. The number of amides is 2. The van der Waals surface area contributed by atoms with Crippen LogP contribution in [0.25, 0.3) is 0 Å². The SMILES string of the molecule is CNC(=O)c1c(C)cccc1NC(=O)[C@@](C)(CC(=O)O)C1CCCCC1. The minimum Gasteiger partial charge on any atom is -0.481 e. The predicted molar refractivity (Wildman–Crippen MR) is 100 cm³/mol. The van der Waals surface area contributed by atoms with Gasteiger partial charge in [0, 0.05) is 7.05 Å². The maximum absolute atomic E-state index is 13.1. The molecule has 142 valence electrons. The Balaban J connectivity index is 2.34. The molecule has 2 amide bonds. The second-order valence-corrected chi connectivity index (χ2v) is 7.35. The lowest BCUT2D eigenvalue weighted by atomic mass is 9.67. The number of benzene rings is 1. The van der Waals surface area contributed by atoms with Crippen molar-refractivity contribution in [3.63, 3.8) is 0 Å². The summed E-state index contributed by atoms with van der Waals surface area (Å²) in [5.74, 6) is -1.57. The maximum atomic E-state index is 13.1. The summed E-state index contributed by atoms with van der Waals surface area (Å²) in [5, 5.41) is 14.8. The zero-order valence-corrected chi connectivity index (χ0v) is 15.7. The van der Waals surface area contributed by atoms with Crippen LogP contribution in [0.1, 0.15) is 61.4 Å². The zero-order valence-electron chi connectivity index (χ0n) is 15.7. The lowest BCUT2D eigenvalue weighted by Gasteiger charge is -2.37. The van der Waals surface area contributed by atoms with Gasteiger partial charge in [-0.3, -0.25) is 14.4 Å². The highest BCUT2D eigenvalue weighted by Crippen LogP contribution is 2.42. The van der Waals surface area contributed by atoms with E-state index in [4.69, 9.17) is 0 Å². The van der Waals surface area contributed by atoms with Crippen LogP contribution in [0.3, 0.4) is 0 Å². The van der Waals surface area contributed by atoms with Crippen molar-refractivity contribution in [1.29, 1.82) is 0 Å². The van der Waals surface area contributed by atoms with Gasteiger partial charge in [0.2, 0.25) is 5.91 Å². The molecule has 1 fully saturated rings. The average Bonchev–Trinajstić information content (AvgIpc) is 2.61. The predicted octanol–water partition coefficient (Wildman–Crippen LogP) is 3.35.